The molecule has 3 aromatic rings. The number of fused-ring (bicyclic) bond motifs is 1. The van der Waals surface area contributed by atoms with Crippen molar-refractivity contribution in [2.75, 3.05) is 36.8 Å². The van der Waals surface area contributed by atoms with E-state index in [0.717, 1.165) is 17.4 Å². The second-order valence-electron chi connectivity index (χ2n) is 6.85. The first-order valence-electron chi connectivity index (χ1n) is 9.53. The average molecular weight is 434 g/mol. The zero-order valence-corrected chi connectivity index (χ0v) is 17.7. The molecule has 1 aliphatic rings. The molecule has 0 saturated carbocycles. The molecule has 152 valence electrons. The molecular formula is C21H21F2N3OS2. The lowest BCUT2D eigenvalue weighted by Gasteiger charge is -2.34. The molecule has 1 fully saturated rings. The number of aromatic nitrogens is 1. The molecule has 1 aliphatic heterocycles. The van der Waals surface area contributed by atoms with Gasteiger partial charge in [-0.1, -0.05) is 30.4 Å². The Morgan fingerprint density at radius 2 is 1.86 bits per heavy atom. The molecule has 2 heterocycles. The highest BCUT2D eigenvalue weighted by molar-refractivity contribution is 7.99. The fourth-order valence-electron chi connectivity index (χ4n) is 3.38. The molecule has 0 N–H and O–H groups in total. The zero-order chi connectivity index (χ0) is 20.4. The topological polar surface area (TPSA) is 36.4 Å². The zero-order valence-electron chi connectivity index (χ0n) is 16.0. The number of nitrogens with zero attached hydrogens (tertiary/aromatic N) is 3. The lowest BCUT2D eigenvalue weighted by molar-refractivity contribution is -0.130. The summed E-state index contributed by atoms with van der Waals surface area (Å²) in [5, 5.41) is 0.667. The van der Waals surface area contributed by atoms with Gasteiger partial charge in [0.1, 0.15) is 11.3 Å². The number of piperazine rings is 1. The van der Waals surface area contributed by atoms with Crippen molar-refractivity contribution in [3.63, 3.8) is 0 Å². The smallest absolute Gasteiger partial charge is 0.227 e. The lowest BCUT2D eigenvalue weighted by Crippen LogP contribution is -2.49. The molecule has 1 aromatic heterocycles. The molecule has 2 aromatic carbocycles. The van der Waals surface area contributed by atoms with Crippen LogP contribution in [0.3, 0.4) is 0 Å². The number of anilines is 1. The van der Waals surface area contributed by atoms with Gasteiger partial charge >= 0.3 is 0 Å². The molecule has 0 aliphatic carbocycles. The molecule has 1 saturated heterocycles. The van der Waals surface area contributed by atoms with Crippen LogP contribution in [0.25, 0.3) is 10.2 Å². The van der Waals surface area contributed by atoms with Crippen LogP contribution >= 0.6 is 23.1 Å². The van der Waals surface area contributed by atoms with Gasteiger partial charge in [-0.3, -0.25) is 4.79 Å². The van der Waals surface area contributed by atoms with Crippen molar-refractivity contribution in [2.24, 2.45) is 0 Å². The summed E-state index contributed by atoms with van der Waals surface area (Å²) in [4.78, 5) is 22.1. The Morgan fingerprint density at radius 1 is 1.14 bits per heavy atom. The number of thioether (sulfide) groups is 1. The van der Waals surface area contributed by atoms with Gasteiger partial charge in [0.05, 0.1) is 11.1 Å². The lowest BCUT2D eigenvalue weighted by atomic mass is 10.1. The number of carbonyl (C=O) groups is 1. The molecular weight excluding hydrogens is 412 g/mol. The Hall–Kier alpha value is -2.19. The van der Waals surface area contributed by atoms with Crippen LogP contribution in [0.2, 0.25) is 0 Å². The van der Waals surface area contributed by atoms with E-state index in [4.69, 9.17) is 0 Å². The van der Waals surface area contributed by atoms with Crippen molar-refractivity contribution >= 4 is 44.4 Å². The maximum absolute atomic E-state index is 13.9. The van der Waals surface area contributed by atoms with E-state index in [2.05, 4.69) is 24.0 Å². The Kier molecular flexibility index (Phi) is 6.01. The number of amides is 1. The molecule has 1 amide bonds. The molecule has 8 heteroatoms. The highest BCUT2D eigenvalue weighted by atomic mass is 32.2. The number of rotatable bonds is 5. The monoisotopic (exact) mass is 433 g/mol. The van der Waals surface area contributed by atoms with Crippen molar-refractivity contribution < 1.29 is 13.6 Å². The summed E-state index contributed by atoms with van der Waals surface area (Å²) in [5.41, 5.74) is 1.22. The summed E-state index contributed by atoms with van der Waals surface area (Å²) in [5.74, 6) is -0.0988. The van der Waals surface area contributed by atoms with Gasteiger partial charge in [-0.25, -0.2) is 13.8 Å². The highest BCUT2D eigenvalue weighted by Gasteiger charge is 2.24. The number of thiazole rings is 1. The molecule has 0 atom stereocenters. The van der Waals surface area contributed by atoms with Crippen LogP contribution in [0, 0.1) is 11.6 Å². The third kappa shape index (κ3) is 4.53. The van der Waals surface area contributed by atoms with Crippen LogP contribution in [0.5, 0.6) is 0 Å². The third-order valence-electron chi connectivity index (χ3n) is 4.89. The van der Waals surface area contributed by atoms with Crippen LogP contribution < -0.4 is 4.90 Å². The molecule has 0 radical (unpaired) electrons. The van der Waals surface area contributed by atoms with Crippen LogP contribution in [0.1, 0.15) is 12.5 Å². The largest absolute Gasteiger partial charge is 0.345 e. The third-order valence-corrected chi connectivity index (χ3v) is 6.85. The van der Waals surface area contributed by atoms with Gasteiger partial charge in [-0.05, 0) is 29.5 Å². The number of hydrogen-bond acceptors (Lipinski definition) is 5. The van der Waals surface area contributed by atoms with Gasteiger partial charge in [0.25, 0.3) is 0 Å². The number of hydrogen-bond donors (Lipinski definition) is 0. The summed E-state index contributed by atoms with van der Waals surface area (Å²) in [6.45, 7) is 4.55. The molecule has 0 spiro atoms. The summed E-state index contributed by atoms with van der Waals surface area (Å²) >= 11 is 3.06. The van der Waals surface area contributed by atoms with Gasteiger partial charge < -0.3 is 9.80 Å². The van der Waals surface area contributed by atoms with Gasteiger partial charge in [0, 0.05) is 37.1 Å². The van der Waals surface area contributed by atoms with Crippen molar-refractivity contribution in [3.8, 4) is 0 Å². The number of benzene rings is 2. The fourth-order valence-corrected chi connectivity index (χ4v) is 5.10. The molecule has 29 heavy (non-hydrogen) atoms. The summed E-state index contributed by atoms with van der Waals surface area (Å²) in [6, 6.07) is 10.3. The Labute approximate surface area is 176 Å². The standard InChI is InChI=1S/C21H21F2N3OS2/c1-2-28-16-5-3-14(4-6-16)11-19(27)25-7-9-26(10-8-25)21-24-20-17(23)12-15(22)13-18(20)29-21/h3-6,12-13H,2,7-11H2,1H3. The SMILES string of the molecule is CCSc1ccc(CC(=O)N2CCN(c3nc4c(F)cc(F)cc4s3)CC2)cc1. The maximum atomic E-state index is 13.9. The predicted octanol–water partition coefficient (Wildman–Crippen LogP) is 4.58. The van der Waals surface area contributed by atoms with Crippen molar-refractivity contribution in [2.45, 2.75) is 18.2 Å². The second kappa shape index (κ2) is 8.67. The van der Waals surface area contributed by atoms with Crippen molar-refractivity contribution in [1.29, 1.82) is 0 Å². The van der Waals surface area contributed by atoms with E-state index >= 15 is 0 Å². The minimum atomic E-state index is -0.639. The van der Waals surface area contributed by atoms with E-state index in [1.54, 1.807) is 11.8 Å². The van der Waals surface area contributed by atoms with Gasteiger partial charge in [0.2, 0.25) is 5.91 Å². The number of carbonyl (C=O) groups excluding carboxylic acids is 1. The van der Waals surface area contributed by atoms with Gasteiger partial charge in [0.15, 0.2) is 10.9 Å². The van der Waals surface area contributed by atoms with E-state index in [9.17, 15) is 13.6 Å². The molecule has 4 nitrogen and oxygen atoms in total. The van der Waals surface area contributed by atoms with E-state index in [1.165, 1.54) is 22.3 Å². The Morgan fingerprint density at radius 3 is 2.55 bits per heavy atom. The molecule has 0 bridgehead atoms. The van der Waals surface area contributed by atoms with E-state index in [0.29, 0.717) is 42.4 Å². The second-order valence-corrected chi connectivity index (χ2v) is 9.20. The van der Waals surface area contributed by atoms with Crippen LogP contribution in [-0.2, 0) is 11.2 Å². The fraction of sp³-hybridized carbons (Fsp3) is 0.333. The quantitative estimate of drug-likeness (QED) is 0.552. The predicted molar refractivity (Wildman–Crippen MR) is 115 cm³/mol. The minimum Gasteiger partial charge on any atom is -0.345 e. The average Bonchev–Trinajstić information content (AvgIpc) is 3.14. The normalized spacial score (nSPS) is 14.6. The van der Waals surface area contributed by atoms with Crippen molar-refractivity contribution in [3.05, 3.63) is 53.6 Å². The summed E-state index contributed by atoms with van der Waals surface area (Å²) in [6.07, 6.45) is 0.392. The van der Waals surface area contributed by atoms with Crippen LogP contribution in [0.15, 0.2) is 41.3 Å². The van der Waals surface area contributed by atoms with Gasteiger partial charge in [-0.15, -0.1) is 11.8 Å². The minimum absolute atomic E-state index is 0.109. The summed E-state index contributed by atoms with van der Waals surface area (Å²) in [7, 11) is 0. The first-order valence-corrected chi connectivity index (χ1v) is 11.3. The van der Waals surface area contributed by atoms with Crippen molar-refractivity contribution in [1.82, 2.24) is 9.88 Å². The van der Waals surface area contributed by atoms with Crippen LogP contribution in [0.4, 0.5) is 13.9 Å². The highest BCUT2D eigenvalue weighted by Crippen LogP contribution is 2.31. The van der Waals surface area contributed by atoms with E-state index < -0.39 is 11.6 Å². The van der Waals surface area contributed by atoms with Crippen LogP contribution in [-0.4, -0.2) is 47.7 Å². The maximum Gasteiger partial charge on any atom is 0.227 e. The summed E-state index contributed by atoms with van der Waals surface area (Å²) < 4.78 is 27.8. The first-order chi connectivity index (χ1) is 14.0. The molecule has 0 unspecified atom stereocenters. The molecule has 4 rings (SSSR count). The van der Waals surface area contributed by atoms with E-state index in [-0.39, 0.29) is 11.4 Å². The first kappa shape index (κ1) is 20.1. The van der Waals surface area contributed by atoms with Gasteiger partial charge in [-0.2, -0.15) is 0 Å². The van der Waals surface area contributed by atoms with E-state index in [1.807, 2.05) is 21.9 Å². The Bertz CT molecular complexity index is 1010. The Balaban J connectivity index is 1.36. The number of halogens is 2.